The van der Waals surface area contributed by atoms with Crippen molar-refractivity contribution in [3.63, 3.8) is 0 Å². The first kappa shape index (κ1) is 15.6. The monoisotopic (exact) mass is 311 g/mol. The van der Waals surface area contributed by atoms with E-state index >= 15 is 0 Å². The number of ether oxygens (including phenoxy) is 2. The third-order valence-corrected chi connectivity index (χ3v) is 6.06. The second-order valence-corrected chi connectivity index (χ2v) is 7.78. The van der Waals surface area contributed by atoms with Gasteiger partial charge in [-0.25, -0.2) is 4.99 Å². The van der Waals surface area contributed by atoms with E-state index in [-0.39, 0.29) is 17.4 Å². The summed E-state index contributed by atoms with van der Waals surface area (Å²) in [4.78, 5) is 4.48. The van der Waals surface area contributed by atoms with Gasteiger partial charge in [0.2, 0.25) is 0 Å². The van der Waals surface area contributed by atoms with Crippen LogP contribution in [0.1, 0.15) is 53.4 Å². The van der Waals surface area contributed by atoms with E-state index in [9.17, 15) is 5.11 Å². The molecule has 2 heterocycles. The lowest BCUT2D eigenvalue weighted by Gasteiger charge is -2.57. The van der Waals surface area contributed by atoms with Gasteiger partial charge in [-0.15, -0.1) is 0 Å². The van der Waals surface area contributed by atoms with Crippen LogP contribution in [0.3, 0.4) is 0 Å². The van der Waals surface area contributed by atoms with Crippen LogP contribution >= 0.6 is 12.2 Å². The Morgan fingerprint density at radius 3 is 2.62 bits per heavy atom. The van der Waals surface area contributed by atoms with Crippen molar-refractivity contribution in [1.82, 2.24) is 0 Å². The van der Waals surface area contributed by atoms with Gasteiger partial charge in [0.05, 0.1) is 10.7 Å². The average molecular weight is 311 g/mol. The fourth-order valence-electron chi connectivity index (χ4n) is 5.02. The van der Waals surface area contributed by atoms with E-state index in [2.05, 4.69) is 30.9 Å². The minimum atomic E-state index is -0.887. The number of thiocarbonyl (C=S) groups is 1. The van der Waals surface area contributed by atoms with E-state index in [1.165, 1.54) is 0 Å². The molecule has 4 nitrogen and oxygen atoms in total. The number of hydrogen-bond donors (Lipinski definition) is 1. The lowest BCUT2D eigenvalue weighted by Crippen LogP contribution is -2.65. The minimum absolute atomic E-state index is 0.118. The number of nitrogens with zero attached hydrogens (tertiary/aromatic N) is 1. The highest BCUT2D eigenvalue weighted by Crippen LogP contribution is 2.61. The zero-order valence-corrected chi connectivity index (χ0v) is 14.1. The van der Waals surface area contributed by atoms with Crippen molar-refractivity contribution in [3.05, 3.63) is 0 Å². The maximum atomic E-state index is 10.7. The molecule has 0 amide bonds. The SMILES string of the molecule is CC(C)C1CCC(C)(N=C=S)C2CCC3(C)OC(O)C12O3. The minimum Gasteiger partial charge on any atom is -0.365 e. The van der Waals surface area contributed by atoms with Gasteiger partial charge >= 0.3 is 0 Å². The molecule has 6 atom stereocenters. The summed E-state index contributed by atoms with van der Waals surface area (Å²) in [5, 5.41) is 13.3. The zero-order valence-electron chi connectivity index (χ0n) is 13.3. The van der Waals surface area contributed by atoms with Crippen LogP contribution in [0.4, 0.5) is 0 Å². The van der Waals surface area contributed by atoms with Crippen LogP contribution in [0.15, 0.2) is 4.99 Å². The number of aliphatic imine (C=N–C) groups is 1. The highest BCUT2D eigenvalue weighted by molar-refractivity contribution is 7.78. The topological polar surface area (TPSA) is 51.0 Å². The van der Waals surface area contributed by atoms with E-state index < -0.39 is 17.7 Å². The van der Waals surface area contributed by atoms with E-state index in [1.54, 1.807) is 0 Å². The molecular weight excluding hydrogens is 286 g/mol. The molecule has 6 unspecified atom stereocenters. The van der Waals surface area contributed by atoms with Crippen molar-refractivity contribution in [3.8, 4) is 0 Å². The van der Waals surface area contributed by atoms with Crippen LogP contribution in [0, 0.1) is 17.8 Å². The standard InChI is InChI=1S/C16H25NO3S/c1-10(2)11-5-7-14(3,17-9-21)12-6-8-15(4)19-13(18)16(11,12)20-15/h10-13,18H,5-8H2,1-4H3. The predicted octanol–water partition coefficient (Wildman–Crippen LogP) is 3.14. The molecule has 118 valence electrons. The number of aliphatic hydroxyl groups is 1. The van der Waals surface area contributed by atoms with E-state index in [0.29, 0.717) is 5.92 Å². The molecule has 1 saturated carbocycles. The van der Waals surface area contributed by atoms with Crippen LogP contribution in [-0.4, -0.2) is 33.5 Å². The third kappa shape index (κ3) is 2.06. The summed E-state index contributed by atoms with van der Waals surface area (Å²) >= 11 is 4.86. The van der Waals surface area contributed by atoms with Crippen molar-refractivity contribution in [2.24, 2.45) is 22.7 Å². The lowest BCUT2D eigenvalue weighted by atomic mass is 9.55. The average Bonchev–Trinajstić information content (AvgIpc) is 2.55. The normalized spacial score (nSPS) is 52.4. The molecule has 2 saturated heterocycles. The van der Waals surface area contributed by atoms with Gasteiger partial charge in [-0.1, -0.05) is 13.8 Å². The summed E-state index contributed by atoms with van der Waals surface area (Å²) in [6.07, 6.45) is 2.75. The Morgan fingerprint density at radius 2 is 2.00 bits per heavy atom. The van der Waals surface area contributed by atoms with Crippen molar-refractivity contribution < 1.29 is 14.6 Å². The lowest BCUT2D eigenvalue weighted by molar-refractivity contribution is -0.253. The number of isothiocyanates is 1. The molecule has 1 N–H and O–H groups in total. The Kier molecular flexibility index (Phi) is 3.59. The summed E-state index contributed by atoms with van der Waals surface area (Å²) in [5.41, 5.74) is -0.979. The quantitative estimate of drug-likeness (QED) is 0.629. The Bertz CT molecular complexity index is 492. The molecule has 0 aromatic carbocycles. The molecule has 3 fully saturated rings. The van der Waals surface area contributed by atoms with Crippen LogP contribution < -0.4 is 0 Å². The summed E-state index contributed by atoms with van der Waals surface area (Å²) in [6, 6.07) is 0. The number of aliphatic hydroxyl groups excluding tert-OH is 1. The Labute approximate surface area is 131 Å². The highest BCUT2D eigenvalue weighted by atomic mass is 32.1. The number of hydrogen-bond acceptors (Lipinski definition) is 5. The van der Waals surface area contributed by atoms with Gasteiger partial charge in [0.1, 0.15) is 5.60 Å². The number of rotatable bonds is 2. The maximum absolute atomic E-state index is 10.7. The summed E-state index contributed by atoms with van der Waals surface area (Å²) in [5.74, 6) is 0.148. The van der Waals surface area contributed by atoms with Gasteiger partial charge in [0.15, 0.2) is 12.1 Å². The van der Waals surface area contributed by atoms with Gasteiger partial charge in [-0.3, -0.25) is 0 Å². The van der Waals surface area contributed by atoms with Crippen LogP contribution in [0.2, 0.25) is 0 Å². The van der Waals surface area contributed by atoms with E-state index in [4.69, 9.17) is 21.7 Å². The van der Waals surface area contributed by atoms with Crippen molar-refractivity contribution in [1.29, 1.82) is 0 Å². The van der Waals surface area contributed by atoms with Gasteiger partial charge in [0, 0.05) is 12.3 Å². The Hall–Kier alpha value is -0.320. The molecule has 3 rings (SSSR count). The fourth-order valence-corrected chi connectivity index (χ4v) is 5.22. The second-order valence-electron chi connectivity index (χ2n) is 7.60. The molecule has 2 bridgehead atoms. The fraction of sp³-hybridized carbons (Fsp3) is 0.938. The maximum Gasteiger partial charge on any atom is 0.188 e. The Balaban J connectivity index is 2.10. The van der Waals surface area contributed by atoms with Crippen LogP contribution in [-0.2, 0) is 9.47 Å². The summed E-state index contributed by atoms with van der Waals surface area (Å²) < 4.78 is 12.2. The first-order valence-electron chi connectivity index (χ1n) is 7.92. The second kappa shape index (κ2) is 4.84. The van der Waals surface area contributed by atoms with Crippen molar-refractivity contribution >= 4 is 17.4 Å². The van der Waals surface area contributed by atoms with Crippen LogP contribution in [0.5, 0.6) is 0 Å². The molecule has 0 aromatic rings. The van der Waals surface area contributed by atoms with E-state index in [0.717, 1.165) is 25.7 Å². The first-order valence-corrected chi connectivity index (χ1v) is 8.33. The molecule has 1 aliphatic carbocycles. The summed E-state index contributed by atoms with van der Waals surface area (Å²) in [6.45, 7) is 8.45. The molecule has 21 heavy (non-hydrogen) atoms. The van der Waals surface area contributed by atoms with Gasteiger partial charge in [-0.2, -0.15) is 0 Å². The molecule has 1 spiro atoms. The van der Waals surface area contributed by atoms with Crippen molar-refractivity contribution in [2.75, 3.05) is 0 Å². The van der Waals surface area contributed by atoms with E-state index in [1.807, 2.05) is 6.92 Å². The van der Waals surface area contributed by atoms with Gasteiger partial charge in [0.25, 0.3) is 0 Å². The number of fused-ring (bicyclic) bond motifs is 1. The predicted molar refractivity (Wildman–Crippen MR) is 83.0 cm³/mol. The van der Waals surface area contributed by atoms with Crippen LogP contribution in [0.25, 0.3) is 0 Å². The van der Waals surface area contributed by atoms with Gasteiger partial charge < -0.3 is 14.6 Å². The smallest absolute Gasteiger partial charge is 0.188 e. The Morgan fingerprint density at radius 1 is 1.29 bits per heavy atom. The third-order valence-electron chi connectivity index (χ3n) is 5.97. The molecule has 0 radical (unpaired) electrons. The first-order chi connectivity index (χ1) is 9.77. The van der Waals surface area contributed by atoms with Gasteiger partial charge in [-0.05, 0) is 57.2 Å². The summed E-state index contributed by atoms with van der Waals surface area (Å²) in [7, 11) is 0. The molecule has 5 heteroatoms. The zero-order chi connectivity index (χ0) is 15.5. The molecule has 3 aliphatic rings. The van der Waals surface area contributed by atoms with Crippen molar-refractivity contribution in [2.45, 2.75) is 76.6 Å². The molecule has 0 aromatic heterocycles. The highest BCUT2D eigenvalue weighted by Gasteiger charge is 2.70. The largest absolute Gasteiger partial charge is 0.365 e. The molecule has 2 aliphatic heterocycles. The molecular formula is C16H25NO3S.